The van der Waals surface area contributed by atoms with Gasteiger partial charge in [0.05, 0.1) is 31.2 Å². The Morgan fingerprint density at radius 3 is 3.06 bits per heavy atom. The fourth-order valence-corrected chi connectivity index (χ4v) is 1.51. The van der Waals surface area contributed by atoms with Crippen LogP contribution < -0.4 is 15.8 Å². The second-order valence-electron chi connectivity index (χ2n) is 3.71. The smallest absolute Gasteiger partial charge is 0.253 e. The molecule has 4 N–H and O–H groups in total. The van der Waals surface area contributed by atoms with Gasteiger partial charge in [0, 0.05) is 11.9 Å². The van der Waals surface area contributed by atoms with Gasteiger partial charge in [-0.3, -0.25) is 4.79 Å². The number of ether oxygens (including phenoxy) is 1. The van der Waals surface area contributed by atoms with E-state index < -0.39 is 0 Å². The Kier molecular flexibility index (Phi) is 3.47. The molecule has 1 aromatic carbocycles. The van der Waals surface area contributed by atoms with Crippen LogP contribution in [0.1, 0.15) is 16.1 Å². The van der Waals surface area contributed by atoms with Crippen molar-refractivity contribution in [3.8, 4) is 5.75 Å². The molecule has 94 valence electrons. The number of aromatic amines is 1. The number of nitrogens with zero attached hydrogens (tertiary/aromatic N) is 1. The lowest BCUT2D eigenvalue weighted by atomic mass is 10.1. The lowest BCUT2D eigenvalue weighted by molar-refractivity contribution is 0.0951. The summed E-state index contributed by atoms with van der Waals surface area (Å²) in [5, 5.41) is 2.75. The highest BCUT2D eigenvalue weighted by atomic mass is 16.5. The molecule has 2 rings (SSSR count). The van der Waals surface area contributed by atoms with Gasteiger partial charge in [-0.2, -0.15) is 0 Å². The number of nitrogens with two attached hydrogens (primary N) is 1. The number of benzene rings is 1. The fourth-order valence-electron chi connectivity index (χ4n) is 1.51. The predicted molar refractivity (Wildman–Crippen MR) is 67.2 cm³/mol. The average molecular weight is 246 g/mol. The first-order valence-electron chi connectivity index (χ1n) is 5.39. The Balaban J connectivity index is 2.08. The predicted octanol–water partition coefficient (Wildman–Crippen LogP) is 0.930. The molecule has 0 fully saturated rings. The van der Waals surface area contributed by atoms with E-state index in [0.29, 0.717) is 23.5 Å². The lowest BCUT2D eigenvalue weighted by Gasteiger charge is -2.08. The van der Waals surface area contributed by atoms with Crippen molar-refractivity contribution in [2.75, 3.05) is 12.8 Å². The maximum Gasteiger partial charge on any atom is 0.253 e. The highest BCUT2D eigenvalue weighted by Gasteiger charge is 2.10. The van der Waals surface area contributed by atoms with E-state index in [0.717, 1.165) is 5.69 Å². The number of carbonyl (C=O) groups is 1. The van der Waals surface area contributed by atoms with Gasteiger partial charge in [0.1, 0.15) is 5.75 Å². The standard InChI is InChI=1S/C12H14N4O2/c1-18-9-2-3-11(13)10(4-9)12(17)15-6-8-5-14-7-16-8/h2-5,7H,6,13H2,1H3,(H,14,16)(H,15,17). The maximum absolute atomic E-state index is 11.9. The van der Waals surface area contributed by atoms with E-state index in [2.05, 4.69) is 15.3 Å². The first-order valence-corrected chi connectivity index (χ1v) is 5.39. The third kappa shape index (κ3) is 2.60. The van der Waals surface area contributed by atoms with Gasteiger partial charge in [0.25, 0.3) is 5.91 Å². The number of hydrogen-bond acceptors (Lipinski definition) is 4. The number of nitrogens with one attached hydrogen (secondary N) is 2. The Labute approximate surface area is 104 Å². The van der Waals surface area contributed by atoms with Crippen LogP contribution in [0.5, 0.6) is 5.75 Å². The minimum absolute atomic E-state index is 0.249. The third-order valence-electron chi connectivity index (χ3n) is 2.50. The lowest BCUT2D eigenvalue weighted by Crippen LogP contribution is -2.24. The highest BCUT2D eigenvalue weighted by molar-refractivity contribution is 5.99. The zero-order chi connectivity index (χ0) is 13.0. The summed E-state index contributed by atoms with van der Waals surface area (Å²) in [5.74, 6) is 0.344. The normalized spacial score (nSPS) is 10.1. The molecular formula is C12H14N4O2. The van der Waals surface area contributed by atoms with Gasteiger partial charge in [-0.15, -0.1) is 0 Å². The van der Waals surface area contributed by atoms with Crippen LogP contribution in [-0.4, -0.2) is 23.0 Å². The van der Waals surface area contributed by atoms with Gasteiger partial charge >= 0.3 is 0 Å². The topological polar surface area (TPSA) is 93.0 Å². The van der Waals surface area contributed by atoms with Crippen molar-refractivity contribution in [3.05, 3.63) is 42.0 Å². The van der Waals surface area contributed by atoms with Crippen molar-refractivity contribution in [2.24, 2.45) is 0 Å². The van der Waals surface area contributed by atoms with E-state index >= 15 is 0 Å². The molecule has 1 heterocycles. The number of H-pyrrole nitrogens is 1. The molecule has 0 radical (unpaired) electrons. The summed E-state index contributed by atoms with van der Waals surface area (Å²) < 4.78 is 5.06. The second-order valence-corrected chi connectivity index (χ2v) is 3.71. The molecule has 6 heteroatoms. The van der Waals surface area contributed by atoms with Crippen LogP contribution in [0.25, 0.3) is 0 Å². The van der Waals surface area contributed by atoms with Crippen molar-refractivity contribution in [1.82, 2.24) is 15.3 Å². The van der Waals surface area contributed by atoms with Crippen molar-refractivity contribution >= 4 is 11.6 Å². The zero-order valence-corrected chi connectivity index (χ0v) is 9.93. The third-order valence-corrected chi connectivity index (χ3v) is 2.50. The van der Waals surface area contributed by atoms with Crippen molar-refractivity contribution in [2.45, 2.75) is 6.54 Å². The van der Waals surface area contributed by atoms with E-state index in [-0.39, 0.29) is 5.91 Å². The van der Waals surface area contributed by atoms with E-state index in [9.17, 15) is 4.79 Å². The van der Waals surface area contributed by atoms with Gasteiger partial charge in [0.15, 0.2) is 0 Å². The molecule has 0 aliphatic heterocycles. The number of imidazole rings is 1. The summed E-state index contributed by atoms with van der Waals surface area (Å²) in [6.45, 7) is 0.371. The van der Waals surface area contributed by atoms with Gasteiger partial charge in [-0.25, -0.2) is 4.98 Å². The Bertz CT molecular complexity index is 537. The van der Waals surface area contributed by atoms with Crippen LogP contribution in [0.15, 0.2) is 30.7 Å². The fraction of sp³-hybridized carbons (Fsp3) is 0.167. The minimum Gasteiger partial charge on any atom is -0.497 e. The molecule has 0 aliphatic carbocycles. The van der Waals surface area contributed by atoms with Crippen LogP contribution in [-0.2, 0) is 6.54 Å². The number of amides is 1. The molecule has 0 saturated heterocycles. The molecule has 0 atom stereocenters. The molecule has 18 heavy (non-hydrogen) atoms. The quantitative estimate of drug-likeness (QED) is 0.700. The number of hydrogen-bond donors (Lipinski definition) is 3. The Hall–Kier alpha value is -2.50. The summed E-state index contributed by atoms with van der Waals surface area (Å²) in [6, 6.07) is 4.96. The van der Waals surface area contributed by atoms with Gasteiger partial charge in [-0.05, 0) is 18.2 Å². The molecule has 2 aromatic rings. The average Bonchev–Trinajstić information content (AvgIpc) is 2.89. The molecule has 0 aliphatic rings. The van der Waals surface area contributed by atoms with Crippen LogP contribution in [0, 0.1) is 0 Å². The van der Waals surface area contributed by atoms with E-state index in [4.69, 9.17) is 10.5 Å². The van der Waals surface area contributed by atoms with E-state index in [1.165, 1.54) is 7.11 Å². The van der Waals surface area contributed by atoms with Crippen LogP contribution in [0.2, 0.25) is 0 Å². The monoisotopic (exact) mass is 246 g/mol. The van der Waals surface area contributed by atoms with Crippen molar-refractivity contribution in [3.63, 3.8) is 0 Å². The molecule has 0 saturated carbocycles. The van der Waals surface area contributed by atoms with Gasteiger partial charge in [0.2, 0.25) is 0 Å². The summed E-state index contributed by atoms with van der Waals surface area (Å²) in [7, 11) is 1.54. The minimum atomic E-state index is -0.249. The van der Waals surface area contributed by atoms with Crippen LogP contribution in [0.3, 0.4) is 0 Å². The maximum atomic E-state index is 11.9. The van der Waals surface area contributed by atoms with Crippen LogP contribution in [0.4, 0.5) is 5.69 Å². The van der Waals surface area contributed by atoms with Gasteiger partial charge < -0.3 is 20.8 Å². The molecule has 0 spiro atoms. The highest BCUT2D eigenvalue weighted by Crippen LogP contribution is 2.19. The molecule has 1 aromatic heterocycles. The number of aromatic nitrogens is 2. The van der Waals surface area contributed by atoms with Crippen LogP contribution >= 0.6 is 0 Å². The second kappa shape index (κ2) is 5.22. The van der Waals surface area contributed by atoms with Crippen molar-refractivity contribution < 1.29 is 9.53 Å². The molecule has 0 bridgehead atoms. The van der Waals surface area contributed by atoms with E-state index in [1.54, 1.807) is 30.7 Å². The molecule has 6 nitrogen and oxygen atoms in total. The largest absolute Gasteiger partial charge is 0.497 e. The summed E-state index contributed by atoms with van der Waals surface area (Å²) >= 11 is 0. The summed E-state index contributed by atoms with van der Waals surface area (Å²) in [5.41, 5.74) is 7.39. The molecule has 0 unspecified atom stereocenters. The van der Waals surface area contributed by atoms with Gasteiger partial charge in [-0.1, -0.05) is 0 Å². The Morgan fingerprint density at radius 1 is 1.56 bits per heavy atom. The number of carbonyl (C=O) groups excluding carboxylic acids is 1. The number of anilines is 1. The number of methoxy groups -OCH3 is 1. The molecule has 1 amide bonds. The first kappa shape index (κ1) is 12.0. The number of nitrogen functional groups attached to an aromatic ring is 1. The summed E-state index contributed by atoms with van der Waals surface area (Å²) in [6.07, 6.45) is 3.20. The SMILES string of the molecule is COc1ccc(N)c(C(=O)NCc2cnc[nH]2)c1. The number of rotatable bonds is 4. The Morgan fingerprint density at radius 2 is 2.39 bits per heavy atom. The zero-order valence-electron chi connectivity index (χ0n) is 9.93. The summed E-state index contributed by atoms with van der Waals surface area (Å²) in [4.78, 5) is 18.7. The molecular weight excluding hydrogens is 232 g/mol. The first-order chi connectivity index (χ1) is 8.70. The van der Waals surface area contributed by atoms with E-state index in [1.807, 2.05) is 0 Å². The van der Waals surface area contributed by atoms with Crippen molar-refractivity contribution in [1.29, 1.82) is 0 Å².